The van der Waals surface area contributed by atoms with Gasteiger partial charge in [-0.05, 0) is 41.3 Å². The molecule has 0 bridgehead atoms. The number of rotatable bonds is 3. The van der Waals surface area contributed by atoms with Gasteiger partial charge >= 0.3 is 0 Å². The lowest BCUT2D eigenvalue weighted by Gasteiger charge is -2.12. The quantitative estimate of drug-likeness (QED) is 0.342. The first kappa shape index (κ1) is 17.7. The molecule has 0 aliphatic heterocycles. The molecule has 0 saturated carbocycles. The highest BCUT2D eigenvalue weighted by Crippen LogP contribution is 2.38. The number of para-hydroxylation sites is 1. The van der Waals surface area contributed by atoms with E-state index >= 15 is 0 Å². The Morgan fingerprint density at radius 1 is 0.966 bits per heavy atom. The Kier molecular flexibility index (Phi) is 4.40. The number of H-pyrrole nitrogens is 1. The van der Waals surface area contributed by atoms with Crippen LogP contribution in [-0.4, -0.2) is 9.97 Å². The molecule has 5 aromatic rings. The standard InChI is InChI=1S/C24H14ClN3S/c25-16-9-7-15(8-10-16)18-12-22(23-6-3-11-29-23)28-24(19(18)13-26)20-14-27-21-5-2-1-4-17(20)21/h1-12,14,27H. The van der Waals surface area contributed by atoms with Crippen molar-refractivity contribution in [3.8, 4) is 39.0 Å². The number of pyridine rings is 1. The van der Waals surface area contributed by atoms with Crippen LogP contribution in [0.2, 0.25) is 5.02 Å². The number of thiophene rings is 1. The number of hydrogen-bond donors (Lipinski definition) is 1. The highest BCUT2D eigenvalue weighted by atomic mass is 35.5. The van der Waals surface area contributed by atoms with Gasteiger partial charge in [0.15, 0.2) is 0 Å². The summed E-state index contributed by atoms with van der Waals surface area (Å²) in [4.78, 5) is 9.28. The van der Waals surface area contributed by atoms with E-state index in [9.17, 15) is 5.26 Å². The first-order chi connectivity index (χ1) is 14.2. The highest BCUT2D eigenvalue weighted by molar-refractivity contribution is 7.13. The third-order valence-corrected chi connectivity index (χ3v) is 6.05. The molecular formula is C24H14ClN3S. The number of nitrogens with zero attached hydrogens (tertiary/aromatic N) is 2. The van der Waals surface area contributed by atoms with Gasteiger partial charge < -0.3 is 4.98 Å². The molecule has 0 unspecified atom stereocenters. The van der Waals surface area contributed by atoms with E-state index in [2.05, 4.69) is 11.1 Å². The summed E-state index contributed by atoms with van der Waals surface area (Å²) in [6, 6.07) is 24.1. The van der Waals surface area contributed by atoms with Crippen LogP contribution in [0.3, 0.4) is 0 Å². The average molecular weight is 412 g/mol. The number of aromatic amines is 1. The van der Waals surface area contributed by atoms with Crippen molar-refractivity contribution < 1.29 is 0 Å². The third-order valence-electron chi connectivity index (χ3n) is 4.90. The molecule has 1 N–H and O–H groups in total. The van der Waals surface area contributed by atoms with Crippen LogP contribution in [0.1, 0.15) is 5.56 Å². The van der Waals surface area contributed by atoms with Crippen LogP contribution < -0.4 is 0 Å². The van der Waals surface area contributed by atoms with Crippen molar-refractivity contribution in [2.45, 2.75) is 0 Å². The maximum atomic E-state index is 10.1. The van der Waals surface area contributed by atoms with Crippen LogP contribution in [-0.2, 0) is 0 Å². The summed E-state index contributed by atoms with van der Waals surface area (Å²) in [7, 11) is 0. The van der Waals surface area contributed by atoms with Gasteiger partial charge in [0, 0.05) is 33.2 Å². The van der Waals surface area contributed by atoms with E-state index in [1.807, 2.05) is 78.3 Å². The Labute approximate surface area is 176 Å². The van der Waals surface area contributed by atoms with Crippen LogP contribution in [0, 0.1) is 11.3 Å². The second kappa shape index (κ2) is 7.21. The fourth-order valence-electron chi connectivity index (χ4n) is 3.53. The molecule has 0 spiro atoms. The zero-order valence-corrected chi connectivity index (χ0v) is 16.8. The van der Waals surface area contributed by atoms with Gasteiger partial charge in [0.1, 0.15) is 6.07 Å². The second-order valence-corrected chi connectivity index (χ2v) is 8.01. The largest absolute Gasteiger partial charge is 0.360 e. The lowest BCUT2D eigenvalue weighted by molar-refractivity contribution is 1.31. The molecule has 0 aliphatic carbocycles. The first-order valence-electron chi connectivity index (χ1n) is 9.06. The summed E-state index contributed by atoms with van der Waals surface area (Å²) in [5.74, 6) is 0. The van der Waals surface area contributed by atoms with E-state index in [1.165, 1.54) is 0 Å². The van der Waals surface area contributed by atoms with Crippen LogP contribution in [0.25, 0.3) is 43.9 Å². The van der Waals surface area contributed by atoms with E-state index in [1.54, 1.807) is 11.3 Å². The Balaban J connectivity index is 1.84. The molecule has 0 saturated heterocycles. The molecule has 3 heterocycles. The molecule has 0 amide bonds. The summed E-state index contributed by atoms with van der Waals surface area (Å²) in [5.41, 5.74) is 5.81. The molecule has 3 nitrogen and oxygen atoms in total. The van der Waals surface area contributed by atoms with Crippen molar-refractivity contribution in [3.05, 3.63) is 88.9 Å². The molecule has 0 atom stereocenters. The van der Waals surface area contributed by atoms with Crippen molar-refractivity contribution in [1.29, 1.82) is 5.26 Å². The smallest absolute Gasteiger partial charge is 0.102 e. The van der Waals surface area contributed by atoms with E-state index in [4.69, 9.17) is 16.6 Å². The van der Waals surface area contributed by atoms with Crippen LogP contribution >= 0.6 is 22.9 Å². The summed E-state index contributed by atoms with van der Waals surface area (Å²) in [5, 5.41) is 13.8. The van der Waals surface area contributed by atoms with Crippen molar-refractivity contribution >= 4 is 33.8 Å². The van der Waals surface area contributed by atoms with Gasteiger partial charge in [-0.3, -0.25) is 0 Å². The summed E-state index contributed by atoms with van der Waals surface area (Å²) < 4.78 is 0. The fraction of sp³-hybridized carbons (Fsp3) is 0. The molecule has 0 radical (unpaired) electrons. The molecule has 138 valence electrons. The molecule has 3 aromatic heterocycles. The fourth-order valence-corrected chi connectivity index (χ4v) is 4.34. The number of nitriles is 1. The maximum Gasteiger partial charge on any atom is 0.102 e. The SMILES string of the molecule is N#Cc1c(-c2ccc(Cl)cc2)cc(-c2cccs2)nc1-c1c[nH]c2ccccc12. The molecule has 0 aliphatic rings. The Morgan fingerprint density at radius 3 is 2.55 bits per heavy atom. The van der Waals surface area contributed by atoms with E-state index in [0.29, 0.717) is 16.3 Å². The zero-order chi connectivity index (χ0) is 19.8. The van der Waals surface area contributed by atoms with Gasteiger partial charge in [-0.2, -0.15) is 5.26 Å². The van der Waals surface area contributed by atoms with Crippen LogP contribution in [0.4, 0.5) is 0 Å². The molecule has 5 heteroatoms. The summed E-state index contributed by atoms with van der Waals surface area (Å²) in [6.07, 6.45) is 1.93. The molecular weight excluding hydrogens is 398 g/mol. The number of aromatic nitrogens is 2. The van der Waals surface area contributed by atoms with Gasteiger partial charge in [0.2, 0.25) is 0 Å². The topological polar surface area (TPSA) is 52.5 Å². The molecule has 2 aromatic carbocycles. The van der Waals surface area contributed by atoms with E-state index < -0.39 is 0 Å². The van der Waals surface area contributed by atoms with Gasteiger partial charge in [0.25, 0.3) is 0 Å². The summed E-state index contributed by atoms with van der Waals surface area (Å²) in [6.45, 7) is 0. The lowest BCUT2D eigenvalue weighted by Crippen LogP contribution is -1.96. The number of halogens is 1. The summed E-state index contributed by atoms with van der Waals surface area (Å²) >= 11 is 7.71. The van der Waals surface area contributed by atoms with Crippen LogP contribution in [0.5, 0.6) is 0 Å². The minimum Gasteiger partial charge on any atom is -0.360 e. The first-order valence-corrected chi connectivity index (χ1v) is 10.3. The molecule has 5 rings (SSSR count). The van der Waals surface area contributed by atoms with Crippen molar-refractivity contribution in [1.82, 2.24) is 9.97 Å². The van der Waals surface area contributed by atoms with Crippen molar-refractivity contribution in [2.75, 3.05) is 0 Å². The highest BCUT2D eigenvalue weighted by Gasteiger charge is 2.19. The normalized spacial score (nSPS) is 10.9. The maximum absolute atomic E-state index is 10.1. The Morgan fingerprint density at radius 2 is 1.79 bits per heavy atom. The van der Waals surface area contributed by atoms with Crippen LogP contribution in [0.15, 0.2) is 78.3 Å². The number of fused-ring (bicyclic) bond motifs is 1. The number of nitrogens with one attached hydrogen (secondary N) is 1. The third kappa shape index (κ3) is 3.11. The number of benzene rings is 2. The predicted octanol–water partition coefficient (Wildman–Crippen LogP) is 7.15. The molecule has 29 heavy (non-hydrogen) atoms. The molecule has 0 fully saturated rings. The minimum absolute atomic E-state index is 0.553. The lowest BCUT2D eigenvalue weighted by atomic mass is 9.95. The van der Waals surface area contributed by atoms with E-state index in [-0.39, 0.29) is 0 Å². The van der Waals surface area contributed by atoms with Gasteiger partial charge in [-0.1, -0.05) is 48.0 Å². The van der Waals surface area contributed by atoms with Gasteiger partial charge in [-0.25, -0.2) is 4.98 Å². The van der Waals surface area contributed by atoms with Crippen molar-refractivity contribution in [3.63, 3.8) is 0 Å². The van der Waals surface area contributed by atoms with Gasteiger partial charge in [0.05, 0.1) is 21.8 Å². The van der Waals surface area contributed by atoms with Gasteiger partial charge in [-0.15, -0.1) is 11.3 Å². The minimum atomic E-state index is 0.553. The van der Waals surface area contributed by atoms with Crippen molar-refractivity contribution in [2.24, 2.45) is 0 Å². The monoisotopic (exact) mass is 411 g/mol. The Bertz CT molecular complexity index is 1360. The number of hydrogen-bond acceptors (Lipinski definition) is 3. The Hall–Kier alpha value is -3.39. The average Bonchev–Trinajstić information content (AvgIpc) is 3.43. The predicted molar refractivity (Wildman–Crippen MR) is 120 cm³/mol. The zero-order valence-electron chi connectivity index (χ0n) is 15.2. The van der Waals surface area contributed by atoms with E-state index in [0.717, 1.165) is 38.2 Å². The second-order valence-electron chi connectivity index (χ2n) is 6.62.